The molecule has 1 heterocycles. The number of hydrogen-bond acceptors (Lipinski definition) is 2. The monoisotopic (exact) mass is 236 g/mol. The zero-order chi connectivity index (χ0) is 13.0. The van der Waals surface area contributed by atoms with Gasteiger partial charge >= 0.3 is 0 Å². The molecule has 17 heavy (non-hydrogen) atoms. The van der Waals surface area contributed by atoms with E-state index in [1.165, 1.54) is 0 Å². The first-order chi connectivity index (χ1) is 8.04. The van der Waals surface area contributed by atoms with Crippen molar-refractivity contribution < 1.29 is 4.79 Å². The van der Waals surface area contributed by atoms with E-state index in [0.29, 0.717) is 12.3 Å². The standard InChI is InChI=1S/C14H24N2O/c1-6-11-14(13(17)8-3)12(7-2)16(15-11)9-10(4)5/h10H,6-9H2,1-5H3. The van der Waals surface area contributed by atoms with Crippen LogP contribution in [0.1, 0.15) is 62.8 Å². The lowest BCUT2D eigenvalue weighted by Crippen LogP contribution is -2.11. The molecule has 0 aliphatic rings. The fourth-order valence-electron chi connectivity index (χ4n) is 2.15. The normalized spacial score (nSPS) is 11.2. The lowest BCUT2D eigenvalue weighted by Gasteiger charge is -2.09. The molecule has 96 valence electrons. The van der Waals surface area contributed by atoms with Gasteiger partial charge in [0.05, 0.1) is 11.3 Å². The number of nitrogens with zero attached hydrogens (tertiary/aromatic N) is 2. The first-order valence-electron chi connectivity index (χ1n) is 6.66. The van der Waals surface area contributed by atoms with Crippen LogP contribution < -0.4 is 0 Å². The topological polar surface area (TPSA) is 34.9 Å². The van der Waals surface area contributed by atoms with Gasteiger partial charge in [0, 0.05) is 18.7 Å². The third kappa shape index (κ3) is 2.96. The molecule has 0 N–H and O–H groups in total. The Morgan fingerprint density at radius 2 is 1.88 bits per heavy atom. The summed E-state index contributed by atoms with van der Waals surface area (Å²) in [7, 11) is 0. The Morgan fingerprint density at radius 3 is 2.29 bits per heavy atom. The number of aromatic nitrogens is 2. The maximum Gasteiger partial charge on any atom is 0.166 e. The second-order valence-electron chi connectivity index (χ2n) is 4.83. The summed E-state index contributed by atoms with van der Waals surface area (Å²) in [5.41, 5.74) is 2.97. The quantitative estimate of drug-likeness (QED) is 0.711. The summed E-state index contributed by atoms with van der Waals surface area (Å²) in [6.07, 6.45) is 2.27. The molecule has 0 amide bonds. The zero-order valence-electron chi connectivity index (χ0n) is 11.7. The van der Waals surface area contributed by atoms with Crippen LogP contribution in [-0.2, 0) is 19.4 Å². The molecule has 0 aromatic carbocycles. The van der Waals surface area contributed by atoms with Crippen molar-refractivity contribution in [3.8, 4) is 0 Å². The van der Waals surface area contributed by atoms with Crippen molar-refractivity contribution in [1.29, 1.82) is 0 Å². The maximum atomic E-state index is 12.0. The smallest absolute Gasteiger partial charge is 0.166 e. The predicted molar refractivity (Wildman–Crippen MR) is 70.4 cm³/mol. The van der Waals surface area contributed by atoms with Crippen molar-refractivity contribution in [2.45, 2.75) is 60.4 Å². The molecule has 0 unspecified atom stereocenters. The van der Waals surface area contributed by atoms with Gasteiger partial charge in [-0.3, -0.25) is 9.48 Å². The fourth-order valence-corrected chi connectivity index (χ4v) is 2.15. The molecule has 0 saturated carbocycles. The molecule has 0 fully saturated rings. The molecule has 0 saturated heterocycles. The molecule has 1 rings (SSSR count). The molecule has 0 atom stereocenters. The van der Waals surface area contributed by atoms with Gasteiger partial charge in [-0.25, -0.2) is 0 Å². The van der Waals surface area contributed by atoms with Crippen LogP contribution in [0, 0.1) is 5.92 Å². The van der Waals surface area contributed by atoms with E-state index in [1.807, 2.05) is 11.6 Å². The SMILES string of the molecule is CCC(=O)c1c(CC)nn(CC(C)C)c1CC. The van der Waals surface area contributed by atoms with Crippen LogP contribution in [0.4, 0.5) is 0 Å². The van der Waals surface area contributed by atoms with Crippen LogP contribution in [0.3, 0.4) is 0 Å². The van der Waals surface area contributed by atoms with Gasteiger partial charge in [0.15, 0.2) is 5.78 Å². The van der Waals surface area contributed by atoms with E-state index in [9.17, 15) is 4.79 Å². The Balaban J connectivity index is 3.25. The van der Waals surface area contributed by atoms with E-state index in [1.54, 1.807) is 0 Å². The molecule has 0 aliphatic heterocycles. The van der Waals surface area contributed by atoms with E-state index in [4.69, 9.17) is 0 Å². The number of ketones is 1. The van der Waals surface area contributed by atoms with Gasteiger partial charge in [0.1, 0.15) is 0 Å². The van der Waals surface area contributed by atoms with Crippen LogP contribution >= 0.6 is 0 Å². The van der Waals surface area contributed by atoms with Crippen LogP contribution in [0.25, 0.3) is 0 Å². The predicted octanol–water partition coefficient (Wildman–Crippen LogP) is 3.26. The first kappa shape index (κ1) is 13.9. The number of Topliss-reactive ketones (excluding diaryl/α,β-unsaturated/α-hetero) is 1. The molecule has 0 bridgehead atoms. The molecule has 0 radical (unpaired) electrons. The van der Waals surface area contributed by atoms with E-state index >= 15 is 0 Å². The Bertz CT molecular complexity index is 391. The molecule has 0 spiro atoms. The van der Waals surface area contributed by atoms with Crippen LogP contribution in [0.2, 0.25) is 0 Å². The van der Waals surface area contributed by atoms with Crippen molar-refractivity contribution in [2.75, 3.05) is 0 Å². The summed E-state index contributed by atoms with van der Waals surface area (Å²) in [6, 6.07) is 0. The van der Waals surface area contributed by atoms with E-state index < -0.39 is 0 Å². The summed E-state index contributed by atoms with van der Waals surface area (Å²) >= 11 is 0. The van der Waals surface area contributed by atoms with Gasteiger partial charge in [-0.2, -0.15) is 5.10 Å². The zero-order valence-corrected chi connectivity index (χ0v) is 11.7. The number of hydrogen-bond donors (Lipinski definition) is 0. The number of aryl methyl sites for hydroxylation is 1. The molecule has 3 nitrogen and oxygen atoms in total. The third-order valence-electron chi connectivity index (χ3n) is 2.94. The van der Waals surface area contributed by atoms with Gasteiger partial charge in [0.2, 0.25) is 0 Å². The van der Waals surface area contributed by atoms with E-state index in [0.717, 1.165) is 36.3 Å². The lowest BCUT2D eigenvalue weighted by molar-refractivity contribution is 0.0986. The maximum absolute atomic E-state index is 12.0. The summed E-state index contributed by atoms with van der Waals surface area (Å²) in [5, 5.41) is 4.60. The average molecular weight is 236 g/mol. The fraction of sp³-hybridized carbons (Fsp3) is 0.714. The van der Waals surface area contributed by atoms with Crippen LogP contribution in [-0.4, -0.2) is 15.6 Å². The minimum Gasteiger partial charge on any atom is -0.294 e. The van der Waals surface area contributed by atoms with Crippen molar-refractivity contribution in [3.05, 3.63) is 17.0 Å². The summed E-state index contributed by atoms with van der Waals surface area (Å²) < 4.78 is 2.03. The van der Waals surface area contributed by atoms with Gasteiger partial charge < -0.3 is 0 Å². The highest BCUT2D eigenvalue weighted by Gasteiger charge is 2.20. The Kier molecular flexibility index (Phi) is 4.91. The summed E-state index contributed by atoms with van der Waals surface area (Å²) in [4.78, 5) is 12.0. The molecule has 0 aliphatic carbocycles. The Labute approximate surface area is 104 Å². The second kappa shape index (κ2) is 5.99. The Morgan fingerprint density at radius 1 is 1.24 bits per heavy atom. The van der Waals surface area contributed by atoms with Crippen LogP contribution in [0.5, 0.6) is 0 Å². The van der Waals surface area contributed by atoms with Gasteiger partial charge in [-0.05, 0) is 18.8 Å². The van der Waals surface area contributed by atoms with Gasteiger partial charge in [-0.1, -0.05) is 34.6 Å². The average Bonchev–Trinajstić information content (AvgIpc) is 2.64. The van der Waals surface area contributed by atoms with Crippen molar-refractivity contribution in [3.63, 3.8) is 0 Å². The minimum absolute atomic E-state index is 0.230. The highest BCUT2D eigenvalue weighted by molar-refractivity contribution is 5.98. The van der Waals surface area contributed by atoms with Crippen molar-refractivity contribution >= 4 is 5.78 Å². The third-order valence-corrected chi connectivity index (χ3v) is 2.94. The van der Waals surface area contributed by atoms with Gasteiger partial charge in [-0.15, -0.1) is 0 Å². The lowest BCUT2D eigenvalue weighted by atomic mass is 10.0. The largest absolute Gasteiger partial charge is 0.294 e. The minimum atomic E-state index is 0.230. The van der Waals surface area contributed by atoms with E-state index in [-0.39, 0.29) is 5.78 Å². The van der Waals surface area contributed by atoms with Crippen LogP contribution in [0.15, 0.2) is 0 Å². The highest BCUT2D eigenvalue weighted by Crippen LogP contribution is 2.19. The molecular weight excluding hydrogens is 212 g/mol. The summed E-state index contributed by atoms with van der Waals surface area (Å²) in [5.74, 6) is 0.781. The van der Waals surface area contributed by atoms with Crippen molar-refractivity contribution in [2.24, 2.45) is 5.92 Å². The van der Waals surface area contributed by atoms with Crippen molar-refractivity contribution in [1.82, 2.24) is 9.78 Å². The molecular formula is C14H24N2O. The number of rotatable bonds is 6. The van der Waals surface area contributed by atoms with E-state index in [2.05, 4.69) is 32.8 Å². The number of carbonyl (C=O) groups excluding carboxylic acids is 1. The Hall–Kier alpha value is -1.12. The summed E-state index contributed by atoms with van der Waals surface area (Å²) in [6.45, 7) is 11.3. The first-order valence-corrected chi connectivity index (χ1v) is 6.66. The molecule has 3 heteroatoms. The number of carbonyl (C=O) groups is 1. The molecule has 1 aromatic heterocycles. The van der Waals surface area contributed by atoms with Gasteiger partial charge in [0.25, 0.3) is 0 Å². The second-order valence-corrected chi connectivity index (χ2v) is 4.83. The molecule has 1 aromatic rings. The highest BCUT2D eigenvalue weighted by atomic mass is 16.1.